The SMILES string of the molecule is O=S(=O)(Cl)c1ccc(OCCCl)c2ccccc12. The molecule has 0 saturated heterocycles. The van der Waals surface area contributed by atoms with Crippen molar-refractivity contribution in [1.29, 1.82) is 0 Å². The van der Waals surface area contributed by atoms with Crippen molar-refractivity contribution in [3.05, 3.63) is 36.4 Å². The Morgan fingerprint density at radius 1 is 1.06 bits per heavy atom. The molecule has 2 aromatic carbocycles. The summed E-state index contributed by atoms with van der Waals surface area (Å²) in [7, 11) is 1.63. The van der Waals surface area contributed by atoms with Gasteiger partial charge in [-0.3, -0.25) is 0 Å². The second kappa shape index (κ2) is 5.34. The van der Waals surface area contributed by atoms with Crippen LogP contribution in [0.2, 0.25) is 0 Å². The van der Waals surface area contributed by atoms with Gasteiger partial charge in [0.2, 0.25) is 0 Å². The molecule has 6 heteroatoms. The summed E-state index contributed by atoms with van der Waals surface area (Å²) in [5, 5.41) is 1.24. The fourth-order valence-electron chi connectivity index (χ4n) is 1.73. The van der Waals surface area contributed by atoms with Crippen LogP contribution in [0, 0.1) is 0 Å². The van der Waals surface area contributed by atoms with Crippen molar-refractivity contribution in [1.82, 2.24) is 0 Å². The van der Waals surface area contributed by atoms with E-state index >= 15 is 0 Å². The molecule has 96 valence electrons. The fraction of sp³-hybridized carbons (Fsp3) is 0.167. The lowest BCUT2D eigenvalue weighted by Crippen LogP contribution is -2.00. The lowest BCUT2D eigenvalue weighted by molar-refractivity contribution is 0.347. The van der Waals surface area contributed by atoms with E-state index in [-0.39, 0.29) is 4.90 Å². The maximum atomic E-state index is 11.5. The molecule has 3 nitrogen and oxygen atoms in total. The minimum atomic E-state index is -3.78. The Hall–Kier alpha value is -0.970. The van der Waals surface area contributed by atoms with Crippen LogP contribution in [0.5, 0.6) is 5.75 Å². The minimum absolute atomic E-state index is 0.0815. The van der Waals surface area contributed by atoms with Gasteiger partial charge in [0.05, 0.1) is 10.8 Å². The molecule has 0 fully saturated rings. The molecule has 0 aliphatic rings. The molecule has 0 radical (unpaired) electrons. The predicted octanol–water partition coefficient (Wildman–Crippen LogP) is 3.38. The van der Waals surface area contributed by atoms with Gasteiger partial charge in [-0.2, -0.15) is 0 Å². The van der Waals surface area contributed by atoms with Gasteiger partial charge in [-0.05, 0) is 12.1 Å². The van der Waals surface area contributed by atoms with Crippen molar-refractivity contribution in [2.75, 3.05) is 12.5 Å². The molecule has 2 rings (SSSR count). The van der Waals surface area contributed by atoms with Crippen LogP contribution in [0.1, 0.15) is 0 Å². The van der Waals surface area contributed by atoms with Gasteiger partial charge in [0.15, 0.2) is 0 Å². The topological polar surface area (TPSA) is 43.4 Å². The first-order valence-electron chi connectivity index (χ1n) is 5.19. The van der Waals surface area contributed by atoms with E-state index in [1.165, 1.54) is 6.07 Å². The highest BCUT2D eigenvalue weighted by Crippen LogP contribution is 2.32. The average molecular weight is 305 g/mol. The Labute approximate surface area is 115 Å². The molecule has 18 heavy (non-hydrogen) atoms. The summed E-state index contributed by atoms with van der Waals surface area (Å²) in [5.74, 6) is 0.958. The monoisotopic (exact) mass is 304 g/mol. The van der Waals surface area contributed by atoms with Crippen LogP contribution in [0.25, 0.3) is 10.8 Å². The Bertz CT molecular complexity index is 668. The summed E-state index contributed by atoms with van der Waals surface area (Å²) in [6, 6.07) is 10.1. The van der Waals surface area contributed by atoms with E-state index in [9.17, 15) is 8.42 Å². The van der Waals surface area contributed by atoms with Crippen molar-refractivity contribution in [2.45, 2.75) is 4.90 Å². The molecule has 0 atom stereocenters. The number of alkyl halides is 1. The standard InChI is InChI=1S/C12H10Cl2O3S/c13-7-8-17-11-5-6-12(18(14,15)16)10-4-2-1-3-9(10)11/h1-6H,7-8H2. The molecular formula is C12H10Cl2O3S. The highest BCUT2D eigenvalue weighted by Gasteiger charge is 2.16. The second-order valence-corrected chi connectivity index (χ2v) is 6.50. The average Bonchev–Trinajstić information content (AvgIpc) is 2.34. The van der Waals surface area contributed by atoms with Crippen molar-refractivity contribution in [3.63, 3.8) is 0 Å². The molecule has 0 bridgehead atoms. The molecule has 0 spiro atoms. The summed E-state index contributed by atoms with van der Waals surface area (Å²) in [4.78, 5) is 0.0815. The van der Waals surface area contributed by atoms with Crippen LogP contribution >= 0.6 is 22.3 Å². The Balaban J connectivity index is 2.66. The highest BCUT2D eigenvalue weighted by atomic mass is 35.7. The maximum absolute atomic E-state index is 11.5. The lowest BCUT2D eigenvalue weighted by atomic mass is 10.1. The molecule has 0 heterocycles. The van der Waals surface area contributed by atoms with Gasteiger partial charge in [0.25, 0.3) is 9.05 Å². The van der Waals surface area contributed by atoms with Gasteiger partial charge in [0.1, 0.15) is 12.4 Å². The zero-order valence-corrected chi connectivity index (χ0v) is 11.6. The van der Waals surface area contributed by atoms with Gasteiger partial charge in [-0.1, -0.05) is 24.3 Å². The maximum Gasteiger partial charge on any atom is 0.261 e. The van der Waals surface area contributed by atoms with Gasteiger partial charge in [0, 0.05) is 21.5 Å². The molecule has 0 saturated carbocycles. The number of ether oxygens (including phenoxy) is 1. The van der Waals surface area contributed by atoms with E-state index in [1.54, 1.807) is 30.3 Å². The van der Waals surface area contributed by atoms with Gasteiger partial charge in [-0.15, -0.1) is 11.6 Å². The third-order valence-corrected chi connectivity index (χ3v) is 3.98. The third-order valence-electron chi connectivity index (χ3n) is 2.44. The van der Waals surface area contributed by atoms with Crippen molar-refractivity contribution in [3.8, 4) is 5.75 Å². The van der Waals surface area contributed by atoms with Gasteiger partial charge >= 0.3 is 0 Å². The largest absolute Gasteiger partial charge is 0.492 e. The number of rotatable bonds is 4. The zero-order chi connectivity index (χ0) is 13.2. The molecular weight excluding hydrogens is 295 g/mol. The smallest absolute Gasteiger partial charge is 0.261 e. The molecule has 0 N–H and O–H groups in total. The molecule has 2 aromatic rings. The first-order chi connectivity index (χ1) is 8.54. The minimum Gasteiger partial charge on any atom is -0.492 e. The van der Waals surface area contributed by atoms with E-state index in [1.807, 2.05) is 0 Å². The number of fused-ring (bicyclic) bond motifs is 1. The molecule has 0 aliphatic carbocycles. The van der Waals surface area contributed by atoms with Crippen LogP contribution < -0.4 is 4.74 Å². The molecule has 0 amide bonds. The number of halogens is 2. The first kappa shape index (κ1) is 13.5. The summed E-state index contributed by atoms with van der Waals surface area (Å²) >= 11 is 5.56. The van der Waals surface area contributed by atoms with Crippen LogP contribution in [-0.4, -0.2) is 20.9 Å². The quantitative estimate of drug-likeness (QED) is 0.642. The Morgan fingerprint density at radius 2 is 1.72 bits per heavy atom. The first-order valence-corrected chi connectivity index (χ1v) is 8.03. The predicted molar refractivity (Wildman–Crippen MR) is 73.2 cm³/mol. The number of hydrogen-bond acceptors (Lipinski definition) is 3. The number of benzene rings is 2. The van der Waals surface area contributed by atoms with Crippen LogP contribution in [0.15, 0.2) is 41.3 Å². The lowest BCUT2D eigenvalue weighted by Gasteiger charge is -2.10. The summed E-state index contributed by atoms with van der Waals surface area (Å²) < 4.78 is 28.4. The van der Waals surface area contributed by atoms with E-state index < -0.39 is 9.05 Å². The van der Waals surface area contributed by atoms with E-state index in [2.05, 4.69) is 0 Å². The molecule has 0 aliphatic heterocycles. The van der Waals surface area contributed by atoms with Crippen molar-refractivity contribution >= 4 is 42.1 Å². The summed E-state index contributed by atoms with van der Waals surface area (Å²) in [6.45, 7) is 0.360. The van der Waals surface area contributed by atoms with E-state index in [4.69, 9.17) is 27.0 Å². The Kier molecular flexibility index (Phi) is 4.00. The molecule has 0 aromatic heterocycles. The van der Waals surface area contributed by atoms with E-state index in [0.29, 0.717) is 29.0 Å². The van der Waals surface area contributed by atoms with Crippen LogP contribution in [0.4, 0.5) is 0 Å². The van der Waals surface area contributed by atoms with Gasteiger partial charge in [-0.25, -0.2) is 8.42 Å². The van der Waals surface area contributed by atoms with Crippen molar-refractivity contribution in [2.24, 2.45) is 0 Å². The van der Waals surface area contributed by atoms with Gasteiger partial charge < -0.3 is 4.74 Å². The van der Waals surface area contributed by atoms with Crippen LogP contribution in [-0.2, 0) is 9.05 Å². The summed E-state index contributed by atoms with van der Waals surface area (Å²) in [5.41, 5.74) is 0. The highest BCUT2D eigenvalue weighted by molar-refractivity contribution is 8.14. The van der Waals surface area contributed by atoms with Crippen LogP contribution in [0.3, 0.4) is 0 Å². The number of hydrogen-bond donors (Lipinski definition) is 0. The zero-order valence-electron chi connectivity index (χ0n) is 9.27. The van der Waals surface area contributed by atoms with E-state index in [0.717, 1.165) is 0 Å². The Morgan fingerprint density at radius 3 is 2.33 bits per heavy atom. The second-order valence-electron chi connectivity index (χ2n) is 3.58. The summed E-state index contributed by atoms with van der Waals surface area (Å²) in [6.07, 6.45) is 0. The van der Waals surface area contributed by atoms with Crippen molar-refractivity contribution < 1.29 is 13.2 Å². The third kappa shape index (κ3) is 2.71. The molecule has 0 unspecified atom stereocenters. The normalized spacial score (nSPS) is 11.7. The fourth-order valence-corrected chi connectivity index (χ4v) is 2.88.